The molecule has 0 radical (unpaired) electrons. The molecule has 1 aromatic heterocycles. The van der Waals surface area contributed by atoms with Crippen LogP contribution < -0.4 is 0 Å². The van der Waals surface area contributed by atoms with Crippen LogP contribution in [0.25, 0.3) is 22.4 Å². The van der Waals surface area contributed by atoms with Crippen LogP contribution in [-0.4, -0.2) is 15.3 Å². The molecule has 26 heavy (non-hydrogen) atoms. The quantitative estimate of drug-likeness (QED) is 0.376. The number of aromatic nitrogens is 2. The molecule has 0 saturated carbocycles. The van der Waals surface area contributed by atoms with Gasteiger partial charge in [-0.15, -0.1) is 0 Å². The largest absolute Gasteiger partial charge is 0.316 e. The van der Waals surface area contributed by atoms with Gasteiger partial charge in [-0.05, 0) is 48.5 Å². The van der Waals surface area contributed by atoms with Crippen molar-refractivity contribution in [3.8, 4) is 11.4 Å². The molecular weight excluding hydrogens is 412 g/mol. The molecule has 0 aliphatic rings. The Kier molecular flexibility index (Phi) is 4.62. The molecule has 5 heteroatoms. The maximum Gasteiger partial charge on any atom is 0.182 e. The third kappa shape index (κ3) is 3.30. The minimum absolute atomic E-state index is 0.0168. The summed E-state index contributed by atoms with van der Waals surface area (Å²) in [6, 6.07) is 22.8. The zero-order chi connectivity index (χ0) is 18.1. The summed E-state index contributed by atoms with van der Waals surface area (Å²) < 4.78 is 2.97. The number of hydrogen-bond donors (Lipinski definition) is 0. The van der Waals surface area contributed by atoms with Gasteiger partial charge in [-0.2, -0.15) is 0 Å². The normalized spacial score (nSPS) is 11.0. The third-order valence-electron chi connectivity index (χ3n) is 4.22. The van der Waals surface area contributed by atoms with E-state index in [0.717, 1.165) is 26.9 Å². The number of halogens is 2. The van der Waals surface area contributed by atoms with Gasteiger partial charge in [-0.3, -0.25) is 4.79 Å². The van der Waals surface area contributed by atoms with Crippen LogP contribution in [0.1, 0.15) is 10.4 Å². The van der Waals surface area contributed by atoms with Crippen LogP contribution in [0.15, 0.2) is 77.3 Å². The standard InChI is InChI=1S/C21H14BrClN2O/c22-16-9-5-15(6-10-16)21-24-18-3-1-2-4-19(18)25(21)13-20(26)14-7-11-17(23)12-8-14/h1-12H,13H2. The van der Waals surface area contributed by atoms with E-state index in [1.165, 1.54) is 0 Å². The molecule has 0 bridgehead atoms. The number of carbonyl (C=O) groups is 1. The lowest BCUT2D eigenvalue weighted by Gasteiger charge is -2.09. The molecule has 4 rings (SSSR count). The number of para-hydroxylation sites is 2. The molecule has 0 fully saturated rings. The average Bonchev–Trinajstić information content (AvgIpc) is 3.01. The minimum Gasteiger partial charge on any atom is -0.316 e. The van der Waals surface area contributed by atoms with E-state index in [4.69, 9.17) is 16.6 Å². The highest BCUT2D eigenvalue weighted by molar-refractivity contribution is 9.10. The Hall–Kier alpha value is -2.43. The lowest BCUT2D eigenvalue weighted by molar-refractivity contribution is 0.0974. The monoisotopic (exact) mass is 424 g/mol. The predicted molar refractivity (Wildman–Crippen MR) is 109 cm³/mol. The number of rotatable bonds is 4. The number of carbonyl (C=O) groups excluding carboxylic acids is 1. The van der Waals surface area contributed by atoms with Crippen molar-refractivity contribution in [3.63, 3.8) is 0 Å². The van der Waals surface area contributed by atoms with E-state index in [1.807, 2.05) is 53.1 Å². The molecule has 0 saturated heterocycles. The van der Waals surface area contributed by atoms with E-state index < -0.39 is 0 Å². The number of ketones is 1. The summed E-state index contributed by atoms with van der Waals surface area (Å²) >= 11 is 9.38. The van der Waals surface area contributed by atoms with Crippen LogP contribution in [0.4, 0.5) is 0 Å². The molecule has 0 unspecified atom stereocenters. The van der Waals surface area contributed by atoms with E-state index >= 15 is 0 Å². The fraction of sp³-hybridized carbons (Fsp3) is 0.0476. The molecule has 0 spiro atoms. The molecule has 0 aliphatic carbocycles. The molecule has 4 aromatic rings. The van der Waals surface area contributed by atoms with Crippen molar-refractivity contribution < 1.29 is 4.79 Å². The van der Waals surface area contributed by atoms with Crippen LogP contribution in [0.2, 0.25) is 5.02 Å². The fourth-order valence-electron chi connectivity index (χ4n) is 2.93. The summed E-state index contributed by atoms with van der Waals surface area (Å²) in [6.07, 6.45) is 0. The average molecular weight is 426 g/mol. The first-order chi connectivity index (χ1) is 12.6. The summed E-state index contributed by atoms with van der Waals surface area (Å²) in [7, 11) is 0. The van der Waals surface area contributed by atoms with Crippen molar-refractivity contribution in [1.29, 1.82) is 0 Å². The van der Waals surface area contributed by atoms with Crippen LogP contribution in [-0.2, 0) is 6.54 Å². The molecule has 1 heterocycles. The molecule has 3 nitrogen and oxygen atoms in total. The van der Waals surface area contributed by atoms with Crippen LogP contribution in [0, 0.1) is 0 Å². The Labute approximate surface area is 164 Å². The van der Waals surface area contributed by atoms with Crippen molar-refractivity contribution in [2.75, 3.05) is 0 Å². The summed E-state index contributed by atoms with van der Waals surface area (Å²) in [5.41, 5.74) is 3.41. The maximum atomic E-state index is 12.8. The zero-order valence-corrected chi connectivity index (χ0v) is 16.0. The molecule has 0 amide bonds. The van der Waals surface area contributed by atoms with Gasteiger partial charge in [0.05, 0.1) is 17.6 Å². The second-order valence-electron chi connectivity index (χ2n) is 5.95. The first kappa shape index (κ1) is 17.0. The van der Waals surface area contributed by atoms with Crippen LogP contribution in [0.3, 0.4) is 0 Å². The molecule has 0 aliphatic heterocycles. The van der Waals surface area contributed by atoms with Gasteiger partial charge in [-0.1, -0.05) is 51.8 Å². The smallest absolute Gasteiger partial charge is 0.182 e. The molecule has 0 atom stereocenters. The van der Waals surface area contributed by atoms with Gasteiger partial charge in [0.25, 0.3) is 0 Å². The SMILES string of the molecule is O=C(Cn1c(-c2ccc(Br)cc2)nc2ccccc21)c1ccc(Cl)cc1. The van der Waals surface area contributed by atoms with Crippen molar-refractivity contribution in [1.82, 2.24) is 9.55 Å². The highest BCUT2D eigenvalue weighted by atomic mass is 79.9. The van der Waals surface area contributed by atoms with Crippen molar-refractivity contribution in [2.24, 2.45) is 0 Å². The zero-order valence-electron chi connectivity index (χ0n) is 13.7. The van der Waals surface area contributed by atoms with Crippen LogP contribution >= 0.6 is 27.5 Å². The van der Waals surface area contributed by atoms with Gasteiger partial charge >= 0.3 is 0 Å². The summed E-state index contributed by atoms with van der Waals surface area (Å²) in [5, 5.41) is 0.616. The Morgan fingerprint density at radius 2 is 1.65 bits per heavy atom. The molecule has 3 aromatic carbocycles. The second kappa shape index (κ2) is 7.06. The van der Waals surface area contributed by atoms with Gasteiger partial charge in [-0.25, -0.2) is 4.98 Å². The number of imidazole rings is 1. The van der Waals surface area contributed by atoms with E-state index in [-0.39, 0.29) is 12.3 Å². The molecular formula is C21H14BrClN2O. The number of nitrogens with zero attached hydrogens (tertiary/aromatic N) is 2. The van der Waals surface area contributed by atoms with Gasteiger partial charge in [0, 0.05) is 20.6 Å². The van der Waals surface area contributed by atoms with Gasteiger partial charge in [0.15, 0.2) is 5.78 Å². The lowest BCUT2D eigenvalue weighted by atomic mass is 10.1. The van der Waals surface area contributed by atoms with E-state index in [9.17, 15) is 4.79 Å². The Morgan fingerprint density at radius 1 is 0.962 bits per heavy atom. The van der Waals surface area contributed by atoms with Gasteiger partial charge in [0.1, 0.15) is 5.82 Å². The Balaban J connectivity index is 1.79. The first-order valence-corrected chi connectivity index (χ1v) is 9.29. The maximum absolute atomic E-state index is 12.8. The topological polar surface area (TPSA) is 34.9 Å². The number of benzene rings is 3. The first-order valence-electron chi connectivity index (χ1n) is 8.12. The Bertz CT molecular complexity index is 1090. The van der Waals surface area contributed by atoms with Crippen molar-refractivity contribution >= 4 is 44.3 Å². The molecule has 128 valence electrons. The van der Waals surface area contributed by atoms with E-state index in [2.05, 4.69) is 15.9 Å². The fourth-order valence-corrected chi connectivity index (χ4v) is 3.32. The van der Waals surface area contributed by atoms with E-state index in [0.29, 0.717) is 10.6 Å². The predicted octanol–water partition coefficient (Wildman–Crippen LogP) is 6.00. The number of hydrogen-bond acceptors (Lipinski definition) is 2. The molecule has 0 N–H and O–H groups in total. The second-order valence-corrected chi connectivity index (χ2v) is 7.30. The van der Waals surface area contributed by atoms with Crippen LogP contribution in [0.5, 0.6) is 0 Å². The highest BCUT2D eigenvalue weighted by Gasteiger charge is 2.16. The van der Waals surface area contributed by atoms with Gasteiger partial charge in [0.2, 0.25) is 0 Å². The third-order valence-corrected chi connectivity index (χ3v) is 5.01. The lowest BCUT2D eigenvalue weighted by Crippen LogP contribution is -2.11. The van der Waals surface area contributed by atoms with Gasteiger partial charge < -0.3 is 4.57 Å². The minimum atomic E-state index is 0.0168. The van der Waals surface area contributed by atoms with Crippen molar-refractivity contribution in [2.45, 2.75) is 6.54 Å². The summed E-state index contributed by atoms with van der Waals surface area (Å²) in [6.45, 7) is 0.216. The highest BCUT2D eigenvalue weighted by Crippen LogP contribution is 2.26. The Morgan fingerprint density at radius 3 is 2.38 bits per heavy atom. The summed E-state index contributed by atoms with van der Waals surface area (Å²) in [4.78, 5) is 17.6. The number of fused-ring (bicyclic) bond motifs is 1. The van der Waals surface area contributed by atoms with E-state index in [1.54, 1.807) is 24.3 Å². The summed E-state index contributed by atoms with van der Waals surface area (Å²) in [5.74, 6) is 0.796. The van der Waals surface area contributed by atoms with Crippen molar-refractivity contribution in [3.05, 3.63) is 87.9 Å². The number of Topliss-reactive ketones (excluding diaryl/α,β-unsaturated/α-hetero) is 1.